The van der Waals surface area contributed by atoms with E-state index in [1.807, 2.05) is 0 Å². The zero-order valence-corrected chi connectivity index (χ0v) is 11.0. The molecule has 104 valence electrons. The zero-order chi connectivity index (χ0) is 13.2. The molecule has 0 amide bonds. The van der Waals surface area contributed by atoms with E-state index in [0.717, 1.165) is 31.9 Å². The first-order valence-corrected chi connectivity index (χ1v) is 6.99. The number of rotatable bonds is 3. The number of carboxylic acids is 1. The topological polar surface area (TPSA) is 56.9 Å². The van der Waals surface area contributed by atoms with Crippen LogP contribution in [0.15, 0.2) is 16.7 Å². The van der Waals surface area contributed by atoms with Crippen molar-refractivity contribution >= 4 is 5.97 Å². The molecule has 0 spiro atoms. The average Bonchev–Trinajstić information content (AvgIpc) is 2.87. The summed E-state index contributed by atoms with van der Waals surface area (Å²) < 4.78 is 5.33. The molecule has 0 aliphatic carbocycles. The van der Waals surface area contributed by atoms with E-state index in [0.29, 0.717) is 6.04 Å². The minimum atomic E-state index is -0.924. The van der Waals surface area contributed by atoms with Gasteiger partial charge in [-0.3, -0.25) is 9.80 Å². The highest BCUT2D eigenvalue weighted by Gasteiger charge is 2.29. The van der Waals surface area contributed by atoms with Crippen LogP contribution < -0.4 is 0 Å². The monoisotopic (exact) mass is 264 g/mol. The van der Waals surface area contributed by atoms with E-state index in [-0.39, 0.29) is 5.56 Å². The van der Waals surface area contributed by atoms with Crippen LogP contribution in [0.4, 0.5) is 0 Å². The van der Waals surface area contributed by atoms with Gasteiger partial charge in [0.25, 0.3) is 0 Å². The third-order valence-electron chi connectivity index (χ3n) is 4.20. The Morgan fingerprint density at radius 3 is 3.05 bits per heavy atom. The molecule has 3 heterocycles. The SMILES string of the molecule is O=C(O)c1coc(CN2CCN3CCCCC3C2)c1. The van der Waals surface area contributed by atoms with Crippen LogP contribution in [-0.2, 0) is 6.54 Å². The first-order valence-electron chi connectivity index (χ1n) is 6.99. The van der Waals surface area contributed by atoms with Crippen LogP contribution in [0.1, 0.15) is 35.4 Å². The summed E-state index contributed by atoms with van der Waals surface area (Å²) in [6.45, 7) is 5.19. The first-order chi connectivity index (χ1) is 9.22. The number of carbonyl (C=O) groups is 1. The summed E-state index contributed by atoms with van der Waals surface area (Å²) in [6, 6.07) is 2.31. The lowest BCUT2D eigenvalue weighted by Crippen LogP contribution is -2.54. The third-order valence-corrected chi connectivity index (χ3v) is 4.20. The third kappa shape index (κ3) is 2.82. The molecule has 5 heteroatoms. The van der Waals surface area contributed by atoms with E-state index in [4.69, 9.17) is 9.52 Å². The second-order valence-corrected chi connectivity index (χ2v) is 5.53. The highest BCUT2D eigenvalue weighted by molar-refractivity contribution is 5.87. The summed E-state index contributed by atoms with van der Waals surface area (Å²) in [5.74, 6) is -0.172. The number of furan rings is 1. The van der Waals surface area contributed by atoms with Gasteiger partial charge in [-0.05, 0) is 25.5 Å². The van der Waals surface area contributed by atoms with Crippen LogP contribution in [0, 0.1) is 0 Å². The van der Waals surface area contributed by atoms with Gasteiger partial charge in [0.2, 0.25) is 0 Å². The van der Waals surface area contributed by atoms with Gasteiger partial charge in [0, 0.05) is 25.7 Å². The lowest BCUT2D eigenvalue weighted by molar-refractivity contribution is 0.0426. The molecule has 0 saturated carbocycles. The minimum absolute atomic E-state index is 0.242. The minimum Gasteiger partial charge on any atom is -0.478 e. The summed E-state index contributed by atoms with van der Waals surface area (Å²) >= 11 is 0. The predicted molar refractivity (Wildman–Crippen MR) is 70.2 cm³/mol. The summed E-state index contributed by atoms with van der Waals surface area (Å²) in [6.07, 6.45) is 5.28. The van der Waals surface area contributed by atoms with Gasteiger partial charge in [0.15, 0.2) is 0 Å². The molecule has 1 atom stereocenters. The van der Waals surface area contributed by atoms with E-state index in [1.165, 1.54) is 32.1 Å². The van der Waals surface area contributed by atoms with Gasteiger partial charge in [-0.2, -0.15) is 0 Å². The van der Waals surface area contributed by atoms with Crippen molar-refractivity contribution in [3.05, 3.63) is 23.7 Å². The number of hydrogen-bond acceptors (Lipinski definition) is 4. The number of hydrogen-bond donors (Lipinski definition) is 1. The van der Waals surface area contributed by atoms with E-state index < -0.39 is 5.97 Å². The molecule has 5 nitrogen and oxygen atoms in total. The summed E-state index contributed by atoms with van der Waals surface area (Å²) in [4.78, 5) is 15.8. The molecule has 1 N–H and O–H groups in total. The van der Waals surface area contributed by atoms with Crippen LogP contribution >= 0.6 is 0 Å². The summed E-state index contributed by atoms with van der Waals surface area (Å²) in [7, 11) is 0. The highest BCUT2D eigenvalue weighted by Crippen LogP contribution is 2.22. The Labute approximate surface area is 112 Å². The van der Waals surface area contributed by atoms with Crippen molar-refractivity contribution in [3.63, 3.8) is 0 Å². The van der Waals surface area contributed by atoms with E-state index in [9.17, 15) is 4.79 Å². The average molecular weight is 264 g/mol. The lowest BCUT2D eigenvalue weighted by atomic mass is 9.99. The van der Waals surface area contributed by atoms with Crippen molar-refractivity contribution in [1.82, 2.24) is 9.80 Å². The van der Waals surface area contributed by atoms with Crippen LogP contribution in [0.25, 0.3) is 0 Å². The number of aromatic carboxylic acids is 1. The van der Waals surface area contributed by atoms with Crippen molar-refractivity contribution in [2.75, 3.05) is 26.2 Å². The Bertz CT molecular complexity index is 457. The number of fused-ring (bicyclic) bond motifs is 1. The number of carboxylic acid groups (broad SMARTS) is 1. The van der Waals surface area contributed by atoms with Crippen LogP contribution in [-0.4, -0.2) is 53.1 Å². The molecule has 1 unspecified atom stereocenters. The highest BCUT2D eigenvalue weighted by atomic mass is 16.4. The molecule has 2 saturated heterocycles. The van der Waals surface area contributed by atoms with Gasteiger partial charge in [-0.1, -0.05) is 6.42 Å². The largest absolute Gasteiger partial charge is 0.478 e. The maximum atomic E-state index is 10.8. The molecule has 0 radical (unpaired) electrons. The molecule has 2 aliphatic heterocycles. The van der Waals surface area contributed by atoms with Crippen LogP contribution in [0.2, 0.25) is 0 Å². The molecule has 0 bridgehead atoms. The Balaban J connectivity index is 1.59. The molecular formula is C14H20N2O3. The molecule has 3 rings (SSSR count). The fourth-order valence-electron chi connectivity index (χ4n) is 3.16. The number of piperidine rings is 1. The first kappa shape index (κ1) is 12.7. The van der Waals surface area contributed by atoms with Crippen molar-refractivity contribution in [1.29, 1.82) is 0 Å². The molecule has 2 aliphatic rings. The van der Waals surface area contributed by atoms with E-state index >= 15 is 0 Å². The summed E-state index contributed by atoms with van der Waals surface area (Å²) in [5, 5.41) is 8.88. The maximum absolute atomic E-state index is 10.8. The van der Waals surface area contributed by atoms with E-state index in [1.54, 1.807) is 6.07 Å². The van der Waals surface area contributed by atoms with Gasteiger partial charge in [0.1, 0.15) is 12.0 Å². The smallest absolute Gasteiger partial charge is 0.338 e. The number of piperazine rings is 1. The van der Waals surface area contributed by atoms with Gasteiger partial charge >= 0.3 is 5.97 Å². The molecular weight excluding hydrogens is 244 g/mol. The second kappa shape index (κ2) is 5.35. The molecule has 1 aromatic heterocycles. The van der Waals surface area contributed by atoms with Gasteiger partial charge in [-0.15, -0.1) is 0 Å². The Kier molecular flexibility index (Phi) is 3.57. The molecule has 0 aromatic carbocycles. The fraction of sp³-hybridized carbons (Fsp3) is 0.643. The van der Waals surface area contributed by atoms with Crippen molar-refractivity contribution in [2.45, 2.75) is 31.8 Å². The van der Waals surface area contributed by atoms with Crippen molar-refractivity contribution < 1.29 is 14.3 Å². The molecule has 1 aromatic rings. The zero-order valence-electron chi connectivity index (χ0n) is 11.0. The normalized spacial score (nSPS) is 25.2. The second-order valence-electron chi connectivity index (χ2n) is 5.53. The van der Waals surface area contributed by atoms with Crippen molar-refractivity contribution in [2.24, 2.45) is 0 Å². The number of nitrogens with zero attached hydrogens (tertiary/aromatic N) is 2. The standard InChI is InChI=1S/C14H20N2O3/c17-14(18)11-7-13(19-10-11)9-15-5-6-16-4-2-1-3-12(16)8-15/h7,10,12H,1-6,8-9H2,(H,17,18). The predicted octanol–water partition coefficient (Wildman–Crippen LogP) is 1.65. The Morgan fingerprint density at radius 2 is 2.26 bits per heavy atom. The maximum Gasteiger partial charge on any atom is 0.338 e. The Morgan fingerprint density at radius 1 is 1.37 bits per heavy atom. The van der Waals surface area contributed by atoms with Gasteiger partial charge in [-0.25, -0.2) is 4.79 Å². The fourth-order valence-corrected chi connectivity index (χ4v) is 3.16. The Hall–Kier alpha value is -1.33. The lowest BCUT2D eigenvalue weighted by Gasteiger charge is -2.43. The van der Waals surface area contributed by atoms with Gasteiger partial charge < -0.3 is 9.52 Å². The molecule has 19 heavy (non-hydrogen) atoms. The quantitative estimate of drug-likeness (QED) is 0.899. The van der Waals surface area contributed by atoms with Crippen molar-refractivity contribution in [3.8, 4) is 0 Å². The molecule has 2 fully saturated rings. The summed E-state index contributed by atoms with van der Waals surface area (Å²) in [5.41, 5.74) is 0.242. The van der Waals surface area contributed by atoms with Gasteiger partial charge in [0.05, 0.1) is 12.1 Å². The van der Waals surface area contributed by atoms with Crippen LogP contribution in [0.3, 0.4) is 0 Å². The van der Waals surface area contributed by atoms with E-state index in [2.05, 4.69) is 9.80 Å². The van der Waals surface area contributed by atoms with Crippen LogP contribution in [0.5, 0.6) is 0 Å².